The van der Waals surface area contributed by atoms with Crippen LogP contribution in [0, 0.1) is 0 Å². The van der Waals surface area contributed by atoms with E-state index in [2.05, 4.69) is 240 Å². The Bertz CT molecular complexity index is 4770. The van der Waals surface area contributed by atoms with E-state index in [4.69, 9.17) is 19.4 Å². The van der Waals surface area contributed by atoms with E-state index in [1.165, 1.54) is 49.5 Å². The van der Waals surface area contributed by atoms with Gasteiger partial charge in [-0.25, -0.2) is 15.0 Å². The number of furan rings is 1. The molecular weight excluding hydrogens is 927 g/mol. The lowest BCUT2D eigenvalue weighted by atomic mass is 9.67. The quantitative estimate of drug-likeness (QED) is 0.160. The molecule has 0 saturated carbocycles. The third-order valence-corrected chi connectivity index (χ3v) is 15.8. The van der Waals surface area contributed by atoms with E-state index in [0.717, 1.165) is 77.5 Å². The molecule has 76 heavy (non-hydrogen) atoms. The Morgan fingerprint density at radius 3 is 1.51 bits per heavy atom. The van der Waals surface area contributed by atoms with Crippen molar-refractivity contribution in [3.05, 3.63) is 283 Å². The van der Waals surface area contributed by atoms with E-state index in [1.54, 1.807) is 0 Å². The maximum atomic E-state index is 6.89. The van der Waals surface area contributed by atoms with Crippen molar-refractivity contribution in [1.82, 2.24) is 24.1 Å². The van der Waals surface area contributed by atoms with Crippen LogP contribution in [0.5, 0.6) is 0 Å². The number of rotatable bonds is 7. The second kappa shape index (κ2) is 16.4. The molecule has 16 rings (SSSR count). The molecule has 1 aliphatic carbocycles. The molecule has 4 aromatic heterocycles. The van der Waals surface area contributed by atoms with Gasteiger partial charge in [-0.1, -0.05) is 200 Å². The molecule has 0 saturated heterocycles. The fourth-order valence-corrected chi connectivity index (χ4v) is 12.6. The Kier molecular flexibility index (Phi) is 9.15. The number of benzene rings is 11. The molecule has 0 unspecified atom stereocenters. The molecule has 4 heterocycles. The highest BCUT2D eigenvalue weighted by atomic mass is 16.3. The van der Waals surface area contributed by atoms with Gasteiger partial charge in [0.1, 0.15) is 11.2 Å². The molecule has 0 radical (unpaired) electrons. The Labute approximate surface area is 437 Å². The highest BCUT2D eigenvalue weighted by molar-refractivity contribution is 6.20. The Morgan fingerprint density at radius 2 is 0.829 bits per heavy atom. The van der Waals surface area contributed by atoms with Crippen molar-refractivity contribution in [2.24, 2.45) is 0 Å². The maximum absolute atomic E-state index is 6.89. The van der Waals surface area contributed by atoms with Crippen molar-refractivity contribution in [3.63, 3.8) is 0 Å². The molecule has 15 aromatic rings. The second-order valence-corrected chi connectivity index (χ2v) is 19.9. The normalized spacial score (nSPS) is 12.8. The molecule has 0 aliphatic heterocycles. The average molecular weight is 970 g/mol. The van der Waals surface area contributed by atoms with E-state index in [1.807, 2.05) is 30.3 Å². The summed E-state index contributed by atoms with van der Waals surface area (Å²) in [7, 11) is 0. The standard InChI is InChI=1S/C70H43N5O/c1-5-21-44(22-6-1)67-71-68(45-37-38-51-50-29-13-17-33-58(50)70(59(51)39-45,46-23-7-2-8-24-46)47-25-9-3-10-26-47)73-69(72-67)57-40-49(41-65-66(57)54-32-16-20-36-64(54)76-65)75-61-35-19-15-31-53(61)56-42-55-52-30-14-18-34-60(52)74(62(55)43-63(56)75)48-27-11-4-12-28-48/h1-43H. The highest BCUT2D eigenvalue weighted by Crippen LogP contribution is 2.57. The van der Waals surface area contributed by atoms with E-state index in [-0.39, 0.29) is 0 Å². The average Bonchev–Trinajstić information content (AvgIpc) is 4.30. The first-order valence-electron chi connectivity index (χ1n) is 25.8. The van der Waals surface area contributed by atoms with Gasteiger partial charge in [-0.3, -0.25) is 0 Å². The summed E-state index contributed by atoms with van der Waals surface area (Å²) in [6.07, 6.45) is 0. The molecule has 0 bridgehead atoms. The van der Waals surface area contributed by atoms with Crippen molar-refractivity contribution in [3.8, 4) is 56.7 Å². The molecule has 0 fully saturated rings. The van der Waals surface area contributed by atoms with Gasteiger partial charge >= 0.3 is 0 Å². The molecule has 0 amide bonds. The van der Waals surface area contributed by atoms with Gasteiger partial charge in [0.05, 0.1) is 33.2 Å². The van der Waals surface area contributed by atoms with Gasteiger partial charge < -0.3 is 13.6 Å². The molecule has 1 aliphatic rings. The molecule has 6 nitrogen and oxygen atoms in total. The van der Waals surface area contributed by atoms with Gasteiger partial charge in [0.2, 0.25) is 0 Å². The van der Waals surface area contributed by atoms with Gasteiger partial charge in [0.15, 0.2) is 17.5 Å². The third kappa shape index (κ3) is 6.12. The molecule has 6 heteroatoms. The summed E-state index contributed by atoms with van der Waals surface area (Å²) in [5.74, 6) is 1.72. The number of fused-ring (bicyclic) bond motifs is 12. The van der Waals surface area contributed by atoms with Crippen molar-refractivity contribution >= 4 is 65.6 Å². The van der Waals surface area contributed by atoms with Crippen LogP contribution in [-0.4, -0.2) is 24.1 Å². The summed E-state index contributed by atoms with van der Waals surface area (Å²) in [6.45, 7) is 0. The van der Waals surface area contributed by atoms with Crippen LogP contribution in [0.2, 0.25) is 0 Å². The minimum atomic E-state index is -0.595. The summed E-state index contributed by atoms with van der Waals surface area (Å²) in [6, 6.07) is 93.3. The lowest BCUT2D eigenvalue weighted by Gasteiger charge is -2.34. The van der Waals surface area contributed by atoms with Gasteiger partial charge in [-0.2, -0.15) is 0 Å². The van der Waals surface area contributed by atoms with Crippen molar-refractivity contribution in [1.29, 1.82) is 0 Å². The molecule has 11 aromatic carbocycles. The van der Waals surface area contributed by atoms with Crippen LogP contribution in [0.1, 0.15) is 22.3 Å². The SMILES string of the molecule is c1ccc(-c2nc(-c3ccc4c(c3)C(c3ccccc3)(c3ccccc3)c3ccccc3-4)nc(-c3cc(-n4c5ccccc5c5cc6c7ccccc7n(-c7ccccc7)c6cc54)cc4oc5ccccc5c34)n2)cc1. The lowest BCUT2D eigenvalue weighted by Crippen LogP contribution is -2.28. The topological polar surface area (TPSA) is 61.7 Å². The maximum Gasteiger partial charge on any atom is 0.164 e. The highest BCUT2D eigenvalue weighted by Gasteiger charge is 2.46. The van der Waals surface area contributed by atoms with Crippen LogP contribution < -0.4 is 0 Å². The minimum absolute atomic E-state index is 0.552. The fourth-order valence-electron chi connectivity index (χ4n) is 12.6. The smallest absolute Gasteiger partial charge is 0.164 e. The van der Waals surface area contributed by atoms with Gasteiger partial charge in [-0.05, 0) is 88.0 Å². The Balaban J connectivity index is 0.971. The summed E-state index contributed by atoms with van der Waals surface area (Å²) in [5, 5.41) is 6.68. The molecule has 0 atom stereocenters. The first-order valence-corrected chi connectivity index (χ1v) is 25.8. The van der Waals surface area contributed by atoms with Crippen LogP contribution >= 0.6 is 0 Å². The second-order valence-electron chi connectivity index (χ2n) is 19.9. The Hall–Kier alpha value is -10.2. The van der Waals surface area contributed by atoms with Gasteiger partial charge in [0.25, 0.3) is 0 Å². The molecule has 0 spiro atoms. The number of nitrogens with zero attached hydrogens (tertiary/aromatic N) is 5. The fraction of sp³-hybridized carbons (Fsp3) is 0.0143. The largest absolute Gasteiger partial charge is 0.456 e. The van der Waals surface area contributed by atoms with Crippen molar-refractivity contribution < 1.29 is 4.42 Å². The zero-order chi connectivity index (χ0) is 49.9. The number of para-hydroxylation sites is 4. The third-order valence-electron chi connectivity index (χ3n) is 15.8. The monoisotopic (exact) mass is 969 g/mol. The van der Waals surface area contributed by atoms with E-state index < -0.39 is 5.41 Å². The lowest BCUT2D eigenvalue weighted by molar-refractivity contribution is 0.668. The zero-order valence-electron chi connectivity index (χ0n) is 41.0. The van der Waals surface area contributed by atoms with E-state index in [0.29, 0.717) is 17.5 Å². The first-order chi connectivity index (χ1) is 37.7. The molecule has 0 N–H and O–H groups in total. The number of aromatic nitrogens is 5. The van der Waals surface area contributed by atoms with Gasteiger partial charge in [0, 0.05) is 60.8 Å². The zero-order valence-corrected chi connectivity index (χ0v) is 41.0. The predicted molar refractivity (Wildman–Crippen MR) is 309 cm³/mol. The van der Waals surface area contributed by atoms with Gasteiger partial charge in [-0.15, -0.1) is 0 Å². The summed E-state index contributed by atoms with van der Waals surface area (Å²) in [5.41, 5.74) is 17.3. The summed E-state index contributed by atoms with van der Waals surface area (Å²) < 4.78 is 11.7. The first kappa shape index (κ1) is 42.3. The van der Waals surface area contributed by atoms with Crippen LogP contribution in [0.15, 0.2) is 265 Å². The van der Waals surface area contributed by atoms with Crippen LogP contribution in [0.3, 0.4) is 0 Å². The van der Waals surface area contributed by atoms with Crippen LogP contribution in [0.25, 0.3) is 122 Å². The van der Waals surface area contributed by atoms with Crippen molar-refractivity contribution in [2.75, 3.05) is 0 Å². The van der Waals surface area contributed by atoms with Crippen molar-refractivity contribution in [2.45, 2.75) is 5.41 Å². The molecular formula is C70H43N5O. The summed E-state index contributed by atoms with van der Waals surface area (Å²) in [4.78, 5) is 16.4. The van der Waals surface area contributed by atoms with E-state index >= 15 is 0 Å². The molecule has 354 valence electrons. The summed E-state index contributed by atoms with van der Waals surface area (Å²) >= 11 is 0. The van der Waals surface area contributed by atoms with Crippen LogP contribution in [0.4, 0.5) is 0 Å². The minimum Gasteiger partial charge on any atom is -0.456 e. The van der Waals surface area contributed by atoms with E-state index in [9.17, 15) is 0 Å². The number of hydrogen-bond donors (Lipinski definition) is 0. The van der Waals surface area contributed by atoms with Crippen LogP contribution in [-0.2, 0) is 5.41 Å². The number of hydrogen-bond acceptors (Lipinski definition) is 4. The Morgan fingerprint density at radius 1 is 0.303 bits per heavy atom. The predicted octanol–water partition coefficient (Wildman–Crippen LogP) is 17.3.